The van der Waals surface area contributed by atoms with Crippen molar-refractivity contribution in [3.8, 4) is 11.1 Å². The van der Waals surface area contributed by atoms with Crippen molar-refractivity contribution in [3.63, 3.8) is 0 Å². The van der Waals surface area contributed by atoms with E-state index in [0.29, 0.717) is 22.5 Å². The molecule has 0 aliphatic carbocycles. The molecule has 2 amide bonds. The van der Waals surface area contributed by atoms with Crippen molar-refractivity contribution in [3.05, 3.63) is 106 Å². The number of amides is 2. The highest BCUT2D eigenvalue weighted by atomic mass is 19.1. The molecule has 4 N–H and O–H groups in total. The quantitative estimate of drug-likeness (QED) is 0.356. The van der Waals surface area contributed by atoms with E-state index in [9.17, 15) is 18.8 Å². The van der Waals surface area contributed by atoms with E-state index >= 15 is 0 Å². The van der Waals surface area contributed by atoms with Gasteiger partial charge < -0.3 is 20.6 Å². The lowest BCUT2D eigenvalue weighted by atomic mass is 10.0. The molecule has 8 heteroatoms. The van der Waals surface area contributed by atoms with Crippen LogP contribution in [0.15, 0.2) is 78.0 Å². The zero-order chi connectivity index (χ0) is 22.9. The molecule has 7 nitrogen and oxygen atoms in total. The number of carbonyl (C=O) groups excluding carboxylic acids is 2. The number of hydrogen-bond donors (Lipinski definition) is 4. The predicted molar refractivity (Wildman–Crippen MR) is 124 cm³/mol. The average molecular weight is 440 g/mol. The van der Waals surface area contributed by atoms with Gasteiger partial charge in [-0.1, -0.05) is 24.3 Å². The minimum Gasteiger partial charge on any atom is -0.366 e. The maximum Gasteiger partial charge on any atom is 0.261 e. The Bertz CT molecular complexity index is 1490. The maximum atomic E-state index is 14.2. The fraction of sp³-hybridized carbons (Fsp3) is 0. The number of fused-ring (bicyclic) bond motifs is 1. The van der Waals surface area contributed by atoms with Gasteiger partial charge in [-0.25, -0.2) is 4.39 Å². The first kappa shape index (κ1) is 20.2. The summed E-state index contributed by atoms with van der Waals surface area (Å²) in [6, 6.07) is 14.5. The molecule has 3 heterocycles. The SMILES string of the molecule is O=C1Nc2cc(NC(=O)c3c[nH]cc(-c4ccccc4F)c3=O)ccc2C1=Cc1ccc[nH]1. The van der Waals surface area contributed by atoms with Gasteiger partial charge >= 0.3 is 0 Å². The lowest BCUT2D eigenvalue weighted by molar-refractivity contribution is -0.110. The number of hydrogen-bond acceptors (Lipinski definition) is 3. The van der Waals surface area contributed by atoms with E-state index in [1.807, 2.05) is 12.1 Å². The number of anilines is 2. The van der Waals surface area contributed by atoms with Crippen molar-refractivity contribution in [2.75, 3.05) is 10.6 Å². The summed E-state index contributed by atoms with van der Waals surface area (Å²) in [4.78, 5) is 43.8. The van der Waals surface area contributed by atoms with E-state index in [1.54, 1.807) is 36.5 Å². The van der Waals surface area contributed by atoms with E-state index in [4.69, 9.17) is 0 Å². The summed E-state index contributed by atoms with van der Waals surface area (Å²) in [7, 11) is 0. The molecular weight excluding hydrogens is 423 g/mol. The van der Waals surface area contributed by atoms with Crippen LogP contribution in [0.3, 0.4) is 0 Å². The highest BCUT2D eigenvalue weighted by Crippen LogP contribution is 2.35. The normalized spacial score (nSPS) is 13.6. The Morgan fingerprint density at radius 2 is 1.79 bits per heavy atom. The Morgan fingerprint density at radius 3 is 2.58 bits per heavy atom. The van der Waals surface area contributed by atoms with Crippen LogP contribution in [0.2, 0.25) is 0 Å². The molecule has 0 atom stereocenters. The number of halogens is 1. The summed E-state index contributed by atoms with van der Waals surface area (Å²) in [6.45, 7) is 0. The van der Waals surface area contributed by atoms with Gasteiger partial charge in [-0.3, -0.25) is 14.4 Å². The molecule has 4 aromatic rings. The van der Waals surface area contributed by atoms with Crippen LogP contribution in [0, 0.1) is 5.82 Å². The number of benzene rings is 2. The number of nitrogens with one attached hydrogen (secondary N) is 4. The van der Waals surface area contributed by atoms with Crippen LogP contribution < -0.4 is 16.1 Å². The molecule has 2 aromatic carbocycles. The summed E-state index contributed by atoms with van der Waals surface area (Å²) in [5, 5.41) is 5.45. The van der Waals surface area contributed by atoms with E-state index < -0.39 is 17.2 Å². The van der Waals surface area contributed by atoms with Crippen LogP contribution in [0.25, 0.3) is 22.8 Å². The molecule has 0 spiro atoms. The Morgan fingerprint density at radius 1 is 0.939 bits per heavy atom. The molecular formula is C25H17FN4O3. The third kappa shape index (κ3) is 3.74. The van der Waals surface area contributed by atoms with E-state index in [1.165, 1.54) is 30.6 Å². The van der Waals surface area contributed by atoms with Crippen LogP contribution in [-0.4, -0.2) is 21.8 Å². The molecule has 0 saturated heterocycles. The fourth-order valence-corrected chi connectivity index (χ4v) is 3.74. The molecule has 0 saturated carbocycles. The van der Waals surface area contributed by atoms with Crippen LogP contribution in [0.5, 0.6) is 0 Å². The summed E-state index contributed by atoms with van der Waals surface area (Å²) in [5.74, 6) is -1.46. The van der Waals surface area contributed by atoms with Crippen LogP contribution in [0.1, 0.15) is 21.6 Å². The number of H-pyrrole nitrogens is 2. The highest BCUT2D eigenvalue weighted by molar-refractivity contribution is 6.35. The second-order valence-electron chi connectivity index (χ2n) is 7.44. The first-order valence-corrected chi connectivity index (χ1v) is 10.1. The monoisotopic (exact) mass is 440 g/mol. The topological polar surface area (TPSA) is 107 Å². The van der Waals surface area contributed by atoms with Crippen molar-refractivity contribution in [1.29, 1.82) is 0 Å². The molecule has 0 bridgehead atoms. The zero-order valence-corrected chi connectivity index (χ0v) is 17.1. The molecule has 0 unspecified atom stereocenters. The first-order valence-electron chi connectivity index (χ1n) is 10.1. The Hall–Kier alpha value is -4.72. The minimum atomic E-state index is -0.652. The number of aromatic nitrogens is 2. The van der Waals surface area contributed by atoms with Crippen LogP contribution in [-0.2, 0) is 4.79 Å². The smallest absolute Gasteiger partial charge is 0.261 e. The summed E-state index contributed by atoms with van der Waals surface area (Å²) in [6.07, 6.45) is 6.14. The summed E-state index contributed by atoms with van der Waals surface area (Å²) in [5.41, 5.74) is 2.34. The number of aromatic amines is 2. The average Bonchev–Trinajstić information content (AvgIpc) is 3.42. The Kier molecular flexibility index (Phi) is 4.95. The van der Waals surface area contributed by atoms with Crippen molar-refractivity contribution in [2.45, 2.75) is 0 Å². The molecule has 5 rings (SSSR count). The largest absolute Gasteiger partial charge is 0.366 e. The lowest BCUT2D eigenvalue weighted by Gasteiger charge is -2.08. The van der Waals surface area contributed by atoms with Gasteiger partial charge in [-0.15, -0.1) is 0 Å². The van der Waals surface area contributed by atoms with E-state index in [0.717, 1.165) is 5.69 Å². The predicted octanol–water partition coefficient (Wildman–Crippen LogP) is 4.25. The lowest BCUT2D eigenvalue weighted by Crippen LogP contribution is -2.23. The molecule has 0 fully saturated rings. The number of rotatable bonds is 4. The third-order valence-electron chi connectivity index (χ3n) is 5.34. The number of carbonyl (C=O) groups is 2. The standard InChI is InChI=1S/C25H17FN4O3/c26-21-6-2-1-5-16(21)19-12-27-13-20(23(19)31)25(33)29-15-7-8-17-18(10-14-4-3-9-28-14)24(32)30-22(17)11-15/h1-13,28H,(H,27,31)(H,29,33)(H,30,32). The molecule has 1 aliphatic heterocycles. The van der Waals surface area contributed by atoms with Gasteiger partial charge in [0.15, 0.2) is 0 Å². The van der Waals surface area contributed by atoms with Gasteiger partial charge in [0.1, 0.15) is 11.4 Å². The summed E-state index contributed by atoms with van der Waals surface area (Å²) >= 11 is 0. The number of pyridine rings is 1. The van der Waals surface area contributed by atoms with E-state index in [2.05, 4.69) is 20.6 Å². The molecule has 1 aliphatic rings. The van der Waals surface area contributed by atoms with Gasteiger partial charge in [0.2, 0.25) is 5.43 Å². The zero-order valence-electron chi connectivity index (χ0n) is 17.1. The Balaban J connectivity index is 1.43. The van der Waals surface area contributed by atoms with Gasteiger partial charge in [0, 0.05) is 46.7 Å². The van der Waals surface area contributed by atoms with Crippen molar-refractivity contribution >= 4 is 34.8 Å². The molecule has 33 heavy (non-hydrogen) atoms. The van der Waals surface area contributed by atoms with Gasteiger partial charge in [-0.2, -0.15) is 0 Å². The first-order chi connectivity index (χ1) is 16.0. The molecule has 2 aromatic heterocycles. The van der Waals surface area contributed by atoms with Crippen LogP contribution in [0.4, 0.5) is 15.8 Å². The van der Waals surface area contributed by atoms with Crippen molar-refractivity contribution in [1.82, 2.24) is 9.97 Å². The van der Waals surface area contributed by atoms with Crippen LogP contribution >= 0.6 is 0 Å². The summed E-state index contributed by atoms with van der Waals surface area (Å²) < 4.78 is 14.2. The van der Waals surface area contributed by atoms with Crippen molar-refractivity contribution in [2.24, 2.45) is 0 Å². The third-order valence-corrected chi connectivity index (χ3v) is 5.34. The second-order valence-corrected chi connectivity index (χ2v) is 7.44. The highest BCUT2D eigenvalue weighted by Gasteiger charge is 2.25. The van der Waals surface area contributed by atoms with Crippen molar-refractivity contribution < 1.29 is 14.0 Å². The Labute approximate surface area is 187 Å². The maximum absolute atomic E-state index is 14.2. The molecule has 162 valence electrons. The van der Waals surface area contributed by atoms with Gasteiger partial charge in [0.05, 0.1) is 11.3 Å². The van der Waals surface area contributed by atoms with Gasteiger partial charge in [-0.05, 0) is 36.4 Å². The fourth-order valence-electron chi connectivity index (χ4n) is 3.74. The molecule has 0 radical (unpaired) electrons. The second kappa shape index (κ2) is 8.08. The van der Waals surface area contributed by atoms with E-state index in [-0.39, 0.29) is 22.6 Å². The van der Waals surface area contributed by atoms with Gasteiger partial charge in [0.25, 0.3) is 11.8 Å². The minimum absolute atomic E-state index is 0.0565.